The third kappa shape index (κ3) is 3.49. The topological polar surface area (TPSA) is 59.8 Å². The van der Waals surface area contributed by atoms with Crippen LogP contribution in [0.5, 0.6) is 5.75 Å². The van der Waals surface area contributed by atoms with Crippen LogP contribution in [0.3, 0.4) is 0 Å². The van der Waals surface area contributed by atoms with Crippen LogP contribution in [0.4, 0.5) is 11.5 Å². The summed E-state index contributed by atoms with van der Waals surface area (Å²) in [5.41, 5.74) is 5.13. The Hall–Kier alpha value is -2.16. The second-order valence-corrected chi connectivity index (χ2v) is 10.4. The van der Waals surface area contributed by atoms with Gasteiger partial charge in [0.25, 0.3) is 0 Å². The van der Waals surface area contributed by atoms with Crippen LogP contribution in [0.2, 0.25) is 0 Å². The molecule has 1 saturated heterocycles. The van der Waals surface area contributed by atoms with Crippen molar-refractivity contribution in [3.05, 3.63) is 52.0 Å². The Balaban J connectivity index is 1.25. The Bertz CT molecular complexity index is 1170. The van der Waals surface area contributed by atoms with Crippen molar-refractivity contribution in [1.29, 1.82) is 0 Å². The van der Waals surface area contributed by atoms with Crippen molar-refractivity contribution in [3.63, 3.8) is 0 Å². The molecule has 0 atom stereocenters. The van der Waals surface area contributed by atoms with Gasteiger partial charge in [0.2, 0.25) is 0 Å². The van der Waals surface area contributed by atoms with Gasteiger partial charge in [-0.3, -0.25) is 0 Å². The summed E-state index contributed by atoms with van der Waals surface area (Å²) in [6.45, 7) is 3.33. The smallest absolute Gasteiger partial charge is 0.183 e. The fourth-order valence-electron chi connectivity index (χ4n) is 4.82. The van der Waals surface area contributed by atoms with E-state index in [1.807, 2.05) is 0 Å². The van der Waals surface area contributed by atoms with Crippen LogP contribution in [0, 0.1) is 0 Å². The number of rotatable bonds is 5. The zero-order chi connectivity index (χ0) is 21.7. The van der Waals surface area contributed by atoms with Crippen molar-refractivity contribution in [3.8, 4) is 17.1 Å². The van der Waals surface area contributed by atoms with Crippen LogP contribution in [-0.2, 0) is 16.6 Å². The van der Waals surface area contributed by atoms with Crippen molar-refractivity contribution < 1.29 is 14.0 Å². The van der Waals surface area contributed by atoms with E-state index in [-0.39, 0.29) is 5.41 Å². The van der Waals surface area contributed by atoms with Gasteiger partial charge in [0, 0.05) is 45.9 Å². The van der Waals surface area contributed by atoms with Crippen LogP contribution in [0.25, 0.3) is 11.3 Å². The molecule has 0 unspecified atom stereocenters. The SMILES string of the molecule is COc1cc(N2CCOCC2)ccc1SNc1noc2c1CC1(CC1)c1ccc(Br)cc1-2. The molecule has 32 heavy (non-hydrogen) atoms. The highest BCUT2D eigenvalue weighted by Gasteiger charge is 2.50. The highest BCUT2D eigenvalue weighted by Crippen LogP contribution is 2.58. The predicted molar refractivity (Wildman–Crippen MR) is 130 cm³/mol. The summed E-state index contributed by atoms with van der Waals surface area (Å²) in [6, 6.07) is 12.9. The van der Waals surface area contributed by atoms with Gasteiger partial charge in [-0.2, -0.15) is 0 Å². The zero-order valence-electron chi connectivity index (χ0n) is 17.8. The molecule has 1 aromatic heterocycles. The molecule has 1 saturated carbocycles. The number of ether oxygens (including phenoxy) is 2. The lowest BCUT2D eigenvalue weighted by Crippen LogP contribution is -2.36. The second-order valence-electron chi connectivity index (χ2n) is 8.62. The molecule has 1 N–H and O–H groups in total. The number of anilines is 2. The standard InChI is InChI=1S/C24H24BrN3O3S/c1-29-20-13-16(28-8-10-30-11-9-28)3-5-21(20)32-27-23-18-14-24(6-7-24)19-4-2-15(25)12-17(19)22(18)31-26-23/h2-5,12-13H,6-11,14H2,1H3,(H,26,27). The first-order valence-corrected chi connectivity index (χ1v) is 12.5. The first kappa shape index (κ1) is 20.4. The van der Waals surface area contributed by atoms with E-state index < -0.39 is 0 Å². The molecule has 8 heteroatoms. The Morgan fingerprint density at radius 2 is 2.00 bits per heavy atom. The van der Waals surface area contributed by atoms with E-state index in [1.54, 1.807) is 7.11 Å². The Kier molecular flexibility index (Phi) is 5.12. The van der Waals surface area contributed by atoms with Crippen LogP contribution in [0.1, 0.15) is 24.0 Å². The van der Waals surface area contributed by atoms with Gasteiger partial charge < -0.3 is 23.6 Å². The van der Waals surface area contributed by atoms with Gasteiger partial charge in [-0.15, -0.1) is 0 Å². The minimum Gasteiger partial charge on any atom is -0.495 e. The summed E-state index contributed by atoms with van der Waals surface area (Å²) in [5.74, 6) is 2.54. The maximum absolute atomic E-state index is 5.84. The molecule has 2 heterocycles. The lowest BCUT2D eigenvalue weighted by atomic mass is 9.79. The van der Waals surface area contributed by atoms with E-state index >= 15 is 0 Å². The molecule has 1 spiro atoms. The van der Waals surface area contributed by atoms with Gasteiger partial charge in [-0.05, 0) is 61.0 Å². The predicted octanol–water partition coefficient (Wildman–Crippen LogP) is 5.66. The third-order valence-electron chi connectivity index (χ3n) is 6.74. The molecule has 166 valence electrons. The first-order chi connectivity index (χ1) is 15.7. The van der Waals surface area contributed by atoms with E-state index in [0.717, 1.165) is 70.7 Å². The Morgan fingerprint density at radius 1 is 1.16 bits per heavy atom. The number of aromatic nitrogens is 1. The van der Waals surface area contributed by atoms with E-state index in [1.165, 1.54) is 35.9 Å². The number of nitrogens with zero attached hydrogens (tertiary/aromatic N) is 2. The minimum atomic E-state index is 0.243. The average molecular weight is 514 g/mol. The molecule has 1 aliphatic heterocycles. The van der Waals surface area contributed by atoms with E-state index in [9.17, 15) is 0 Å². The number of hydrogen-bond acceptors (Lipinski definition) is 7. The molecule has 0 amide bonds. The number of nitrogens with one attached hydrogen (secondary N) is 1. The minimum absolute atomic E-state index is 0.243. The van der Waals surface area contributed by atoms with Gasteiger partial charge in [0.1, 0.15) is 5.75 Å². The molecule has 3 aliphatic rings. The maximum Gasteiger partial charge on any atom is 0.183 e. The van der Waals surface area contributed by atoms with Crippen LogP contribution >= 0.6 is 27.9 Å². The van der Waals surface area contributed by atoms with Gasteiger partial charge in [0.05, 0.1) is 25.2 Å². The summed E-state index contributed by atoms with van der Waals surface area (Å²) in [4.78, 5) is 3.34. The Morgan fingerprint density at radius 3 is 2.78 bits per heavy atom. The lowest BCUT2D eigenvalue weighted by Gasteiger charge is -2.29. The Labute approximate surface area is 199 Å². The van der Waals surface area contributed by atoms with Gasteiger partial charge in [-0.25, -0.2) is 0 Å². The maximum atomic E-state index is 5.84. The summed E-state index contributed by atoms with van der Waals surface area (Å²) < 4.78 is 21.5. The van der Waals surface area contributed by atoms with E-state index in [4.69, 9.17) is 14.0 Å². The molecule has 2 aromatic carbocycles. The van der Waals surface area contributed by atoms with Crippen LogP contribution < -0.4 is 14.4 Å². The van der Waals surface area contributed by atoms with Crippen molar-refractivity contribution >= 4 is 39.4 Å². The molecule has 6 nitrogen and oxygen atoms in total. The highest BCUT2D eigenvalue weighted by atomic mass is 79.9. The number of halogens is 1. The van der Waals surface area contributed by atoms with Gasteiger partial charge >= 0.3 is 0 Å². The summed E-state index contributed by atoms with van der Waals surface area (Å²) in [5, 5.41) is 4.40. The fourth-order valence-corrected chi connectivity index (χ4v) is 5.93. The monoisotopic (exact) mass is 513 g/mol. The molecule has 0 radical (unpaired) electrons. The second kappa shape index (κ2) is 8.01. The molecular weight excluding hydrogens is 490 g/mol. The number of hydrogen-bond donors (Lipinski definition) is 1. The number of benzene rings is 2. The number of morpholine rings is 1. The quantitative estimate of drug-likeness (QED) is 0.441. The van der Waals surface area contributed by atoms with E-state index in [0.29, 0.717) is 0 Å². The fraction of sp³-hybridized carbons (Fsp3) is 0.375. The summed E-state index contributed by atoms with van der Waals surface area (Å²) >= 11 is 5.13. The molecular formula is C24H24BrN3O3S. The number of methoxy groups -OCH3 is 1. The van der Waals surface area contributed by atoms with Crippen molar-refractivity contribution in [2.45, 2.75) is 29.6 Å². The third-order valence-corrected chi connectivity index (χ3v) is 8.08. The van der Waals surface area contributed by atoms with E-state index in [2.05, 4.69) is 67.1 Å². The molecule has 6 rings (SSSR count). The zero-order valence-corrected chi connectivity index (χ0v) is 20.2. The van der Waals surface area contributed by atoms with Crippen molar-refractivity contribution in [2.24, 2.45) is 0 Å². The average Bonchev–Trinajstić information content (AvgIpc) is 3.48. The normalized spacial score (nSPS) is 18.2. The molecule has 3 aromatic rings. The van der Waals surface area contributed by atoms with Gasteiger partial charge in [-0.1, -0.05) is 27.2 Å². The van der Waals surface area contributed by atoms with Gasteiger partial charge in [0.15, 0.2) is 11.6 Å². The number of fused-ring (bicyclic) bond motifs is 4. The molecule has 0 bridgehead atoms. The van der Waals surface area contributed by atoms with Crippen molar-refractivity contribution in [2.75, 3.05) is 43.0 Å². The van der Waals surface area contributed by atoms with Crippen LogP contribution in [-0.4, -0.2) is 38.6 Å². The first-order valence-electron chi connectivity index (χ1n) is 10.9. The molecule has 2 fully saturated rings. The highest BCUT2D eigenvalue weighted by molar-refractivity contribution is 9.10. The largest absolute Gasteiger partial charge is 0.495 e. The summed E-state index contributed by atoms with van der Waals surface area (Å²) in [6.07, 6.45) is 3.40. The lowest BCUT2D eigenvalue weighted by molar-refractivity contribution is 0.122. The van der Waals surface area contributed by atoms with Crippen LogP contribution in [0.15, 0.2) is 50.3 Å². The summed E-state index contributed by atoms with van der Waals surface area (Å²) in [7, 11) is 1.71. The molecule has 2 aliphatic carbocycles. The van der Waals surface area contributed by atoms with Crippen molar-refractivity contribution in [1.82, 2.24) is 5.16 Å².